The van der Waals surface area contributed by atoms with Gasteiger partial charge in [0.05, 0.1) is 12.1 Å². The summed E-state index contributed by atoms with van der Waals surface area (Å²) in [6, 6.07) is 17.9. The molecule has 4 heteroatoms. The number of aromatic nitrogens is 1. The molecule has 0 unspecified atom stereocenters. The first-order chi connectivity index (χ1) is 11.2. The van der Waals surface area contributed by atoms with Crippen LogP contribution in [-0.2, 0) is 0 Å². The number of rotatable bonds is 3. The predicted octanol–water partition coefficient (Wildman–Crippen LogP) is 4.41. The lowest BCUT2D eigenvalue weighted by molar-refractivity contribution is 0.624. The number of hydrogen-bond donors (Lipinski definition) is 1. The van der Waals surface area contributed by atoms with Crippen molar-refractivity contribution in [3.8, 4) is 12.1 Å². The number of fused-ring (bicyclic) bond motifs is 1. The molecule has 0 saturated heterocycles. The Balaban J connectivity index is 2.27. The second-order valence-electron chi connectivity index (χ2n) is 5.47. The molecule has 1 atom stereocenters. The summed E-state index contributed by atoms with van der Waals surface area (Å²) in [6.07, 6.45) is 0. The third-order valence-electron chi connectivity index (χ3n) is 4.10. The van der Waals surface area contributed by atoms with Gasteiger partial charge in [-0.1, -0.05) is 30.3 Å². The summed E-state index contributed by atoms with van der Waals surface area (Å²) in [4.78, 5) is 3.30. The van der Waals surface area contributed by atoms with Crippen molar-refractivity contribution in [1.29, 1.82) is 10.5 Å². The molecule has 0 fully saturated rings. The van der Waals surface area contributed by atoms with Gasteiger partial charge in [-0.2, -0.15) is 10.5 Å². The molecule has 0 saturated carbocycles. The number of nitriles is 2. The molecular formula is C19H14FN3. The number of hydrogen-bond acceptors (Lipinski definition) is 2. The summed E-state index contributed by atoms with van der Waals surface area (Å²) in [7, 11) is 0. The van der Waals surface area contributed by atoms with E-state index in [9.17, 15) is 14.9 Å². The minimum atomic E-state index is -0.849. The van der Waals surface area contributed by atoms with E-state index in [-0.39, 0.29) is 5.82 Å². The molecule has 3 nitrogen and oxygen atoms in total. The van der Waals surface area contributed by atoms with Crippen LogP contribution in [0.1, 0.15) is 22.7 Å². The summed E-state index contributed by atoms with van der Waals surface area (Å²) in [5.74, 6) is -1.62. The number of para-hydroxylation sites is 1. The van der Waals surface area contributed by atoms with Crippen molar-refractivity contribution >= 4 is 10.9 Å². The van der Waals surface area contributed by atoms with Crippen LogP contribution >= 0.6 is 0 Å². The Morgan fingerprint density at radius 3 is 2.30 bits per heavy atom. The highest BCUT2D eigenvalue weighted by Crippen LogP contribution is 2.38. The van der Waals surface area contributed by atoms with E-state index in [2.05, 4.69) is 17.1 Å². The first-order valence-electron chi connectivity index (χ1n) is 7.27. The molecule has 1 heterocycles. The van der Waals surface area contributed by atoms with Crippen molar-refractivity contribution in [2.75, 3.05) is 0 Å². The largest absolute Gasteiger partial charge is 0.358 e. The van der Waals surface area contributed by atoms with Crippen LogP contribution in [0.25, 0.3) is 10.9 Å². The quantitative estimate of drug-likeness (QED) is 0.779. The minimum absolute atomic E-state index is 0.339. The second-order valence-corrected chi connectivity index (χ2v) is 5.47. The lowest BCUT2D eigenvalue weighted by Crippen LogP contribution is -2.12. The van der Waals surface area contributed by atoms with Crippen LogP contribution < -0.4 is 0 Å². The molecule has 2 aromatic carbocycles. The van der Waals surface area contributed by atoms with Crippen LogP contribution in [0.2, 0.25) is 0 Å². The third-order valence-corrected chi connectivity index (χ3v) is 4.10. The fraction of sp³-hybridized carbons (Fsp3) is 0.158. The van der Waals surface area contributed by atoms with Crippen LogP contribution in [0.4, 0.5) is 4.39 Å². The average Bonchev–Trinajstić information content (AvgIpc) is 2.89. The molecule has 0 aliphatic rings. The van der Waals surface area contributed by atoms with Crippen LogP contribution in [-0.4, -0.2) is 4.98 Å². The average molecular weight is 303 g/mol. The Hall–Kier alpha value is -3.11. The zero-order chi connectivity index (χ0) is 16.4. The smallest absolute Gasteiger partial charge is 0.144 e. The number of aromatic amines is 1. The summed E-state index contributed by atoms with van der Waals surface area (Å²) in [5, 5.41) is 19.8. The lowest BCUT2D eigenvalue weighted by Gasteiger charge is -2.19. The van der Waals surface area contributed by atoms with E-state index in [1.807, 2.05) is 31.2 Å². The van der Waals surface area contributed by atoms with Crippen molar-refractivity contribution in [3.63, 3.8) is 0 Å². The molecule has 0 radical (unpaired) electrons. The van der Waals surface area contributed by atoms with Gasteiger partial charge in [0.25, 0.3) is 0 Å². The van der Waals surface area contributed by atoms with E-state index < -0.39 is 11.8 Å². The highest BCUT2D eigenvalue weighted by atomic mass is 19.1. The normalized spacial score (nSPS) is 12.0. The maximum absolute atomic E-state index is 13.3. The van der Waals surface area contributed by atoms with Gasteiger partial charge < -0.3 is 4.98 Å². The first kappa shape index (κ1) is 14.8. The van der Waals surface area contributed by atoms with Gasteiger partial charge in [-0.05, 0) is 36.2 Å². The summed E-state index contributed by atoms with van der Waals surface area (Å²) in [6.45, 7) is 1.93. The molecule has 1 N–H and O–H groups in total. The highest BCUT2D eigenvalue weighted by molar-refractivity contribution is 5.85. The summed E-state index contributed by atoms with van der Waals surface area (Å²) < 4.78 is 13.3. The monoisotopic (exact) mass is 303 g/mol. The molecule has 3 aromatic rings. The second kappa shape index (κ2) is 5.94. The van der Waals surface area contributed by atoms with Gasteiger partial charge in [-0.25, -0.2) is 4.39 Å². The van der Waals surface area contributed by atoms with Gasteiger partial charge in [0.1, 0.15) is 11.7 Å². The third kappa shape index (κ3) is 2.56. The molecule has 0 aliphatic heterocycles. The van der Waals surface area contributed by atoms with Gasteiger partial charge >= 0.3 is 0 Å². The first-order valence-corrected chi connectivity index (χ1v) is 7.27. The topological polar surface area (TPSA) is 63.4 Å². The Labute approximate surface area is 133 Å². The molecule has 0 amide bonds. The number of nitrogens with zero attached hydrogens (tertiary/aromatic N) is 2. The number of aryl methyl sites for hydroxylation is 1. The Kier molecular flexibility index (Phi) is 3.83. The van der Waals surface area contributed by atoms with Crippen LogP contribution in [0, 0.1) is 41.3 Å². The van der Waals surface area contributed by atoms with Gasteiger partial charge in [0, 0.05) is 22.5 Å². The molecule has 112 valence electrons. The van der Waals surface area contributed by atoms with Gasteiger partial charge in [-0.3, -0.25) is 0 Å². The van der Waals surface area contributed by atoms with Crippen molar-refractivity contribution < 1.29 is 4.39 Å². The van der Waals surface area contributed by atoms with Crippen LogP contribution in [0.5, 0.6) is 0 Å². The van der Waals surface area contributed by atoms with Gasteiger partial charge in [-0.15, -0.1) is 0 Å². The number of H-pyrrole nitrogens is 1. The van der Waals surface area contributed by atoms with Crippen molar-refractivity contribution in [3.05, 3.63) is 71.2 Å². The van der Waals surface area contributed by atoms with Crippen molar-refractivity contribution in [2.45, 2.75) is 12.8 Å². The van der Waals surface area contributed by atoms with Crippen molar-refractivity contribution in [2.24, 2.45) is 5.92 Å². The molecule has 0 spiro atoms. The fourth-order valence-electron chi connectivity index (χ4n) is 3.07. The van der Waals surface area contributed by atoms with E-state index in [1.165, 1.54) is 12.1 Å². The van der Waals surface area contributed by atoms with Crippen molar-refractivity contribution in [1.82, 2.24) is 4.98 Å². The fourth-order valence-corrected chi connectivity index (χ4v) is 3.07. The highest BCUT2D eigenvalue weighted by Gasteiger charge is 2.29. The molecular weight excluding hydrogens is 289 g/mol. The van der Waals surface area contributed by atoms with Gasteiger partial charge in [0.2, 0.25) is 0 Å². The van der Waals surface area contributed by atoms with Crippen LogP contribution in [0.3, 0.4) is 0 Å². The molecule has 1 aromatic heterocycles. The SMILES string of the molecule is Cc1[nH]c2ccccc2c1[C@H](c1ccc(F)cc1)C(C#N)C#N. The standard InChI is InChI=1S/C19H14FN3/c1-12-18(16-4-2-3-5-17(16)23-12)19(14(10-21)11-22)13-6-8-15(20)9-7-13/h2-9,14,19,23H,1H3/t19-/m1/s1. The maximum Gasteiger partial charge on any atom is 0.144 e. The molecule has 0 bridgehead atoms. The molecule has 23 heavy (non-hydrogen) atoms. The zero-order valence-corrected chi connectivity index (χ0v) is 12.5. The van der Waals surface area contributed by atoms with E-state index in [1.54, 1.807) is 12.1 Å². The Bertz CT molecular complexity index is 912. The maximum atomic E-state index is 13.3. The number of nitrogens with one attached hydrogen (secondary N) is 1. The summed E-state index contributed by atoms with van der Waals surface area (Å²) >= 11 is 0. The Morgan fingerprint density at radius 1 is 1.00 bits per heavy atom. The van der Waals surface area contributed by atoms with Crippen LogP contribution in [0.15, 0.2) is 48.5 Å². The van der Waals surface area contributed by atoms with E-state index in [0.717, 1.165) is 27.7 Å². The minimum Gasteiger partial charge on any atom is -0.358 e. The lowest BCUT2D eigenvalue weighted by atomic mass is 9.80. The van der Waals surface area contributed by atoms with E-state index in [4.69, 9.17) is 0 Å². The zero-order valence-electron chi connectivity index (χ0n) is 12.5. The molecule has 3 rings (SSSR count). The molecule has 0 aliphatic carbocycles. The number of halogens is 1. The Morgan fingerprint density at radius 2 is 1.65 bits per heavy atom. The van der Waals surface area contributed by atoms with Gasteiger partial charge in [0.15, 0.2) is 0 Å². The number of benzene rings is 2. The van der Waals surface area contributed by atoms with E-state index in [0.29, 0.717) is 0 Å². The predicted molar refractivity (Wildman–Crippen MR) is 86.0 cm³/mol. The summed E-state index contributed by atoms with van der Waals surface area (Å²) in [5.41, 5.74) is 3.55. The van der Waals surface area contributed by atoms with E-state index >= 15 is 0 Å².